The summed E-state index contributed by atoms with van der Waals surface area (Å²) in [6.45, 7) is 7.88. The van der Waals surface area contributed by atoms with Gasteiger partial charge in [-0.25, -0.2) is 0 Å². The molecular formula is C20H26N4O. The number of rotatable bonds is 6. The minimum atomic E-state index is -0.106. The van der Waals surface area contributed by atoms with E-state index in [0.29, 0.717) is 38.4 Å². The van der Waals surface area contributed by atoms with E-state index in [1.165, 1.54) is 5.56 Å². The van der Waals surface area contributed by atoms with Gasteiger partial charge in [0, 0.05) is 44.7 Å². The van der Waals surface area contributed by atoms with Crippen molar-refractivity contribution in [1.29, 1.82) is 10.5 Å². The van der Waals surface area contributed by atoms with E-state index in [1.54, 1.807) is 0 Å². The molecule has 5 heteroatoms. The van der Waals surface area contributed by atoms with Gasteiger partial charge in [-0.1, -0.05) is 26.0 Å². The molecule has 1 unspecified atom stereocenters. The summed E-state index contributed by atoms with van der Waals surface area (Å²) in [5.41, 5.74) is 1.98. The third-order valence-corrected chi connectivity index (χ3v) is 4.75. The van der Waals surface area contributed by atoms with Gasteiger partial charge in [-0.15, -0.1) is 0 Å². The smallest absolute Gasteiger partial charge is 0.253 e. The first kappa shape index (κ1) is 19.0. The third kappa shape index (κ3) is 5.31. The van der Waals surface area contributed by atoms with Crippen LogP contribution in [0.3, 0.4) is 0 Å². The maximum atomic E-state index is 12.6. The highest BCUT2D eigenvalue weighted by atomic mass is 16.2. The Morgan fingerprint density at radius 3 is 2.28 bits per heavy atom. The third-order valence-electron chi connectivity index (χ3n) is 4.75. The minimum Gasteiger partial charge on any atom is -0.336 e. The Hall–Kier alpha value is -2.37. The summed E-state index contributed by atoms with van der Waals surface area (Å²) in [5.74, 6) is 0.434. The lowest BCUT2D eigenvalue weighted by atomic mass is 10.0. The molecule has 1 heterocycles. The second kappa shape index (κ2) is 9.20. The van der Waals surface area contributed by atoms with Crippen molar-refractivity contribution < 1.29 is 4.79 Å². The lowest BCUT2D eigenvalue weighted by Crippen LogP contribution is -2.49. The van der Waals surface area contributed by atoms with Crippen molar-refractivity contribution >= 4 is 5.91 Å². The first-order valence-corrected chi connectivity index (χ1v) is 8.93. The van der Waals surface area contributed by atoms with E-state index in [-0.39, 0.29) is 11.8 Å². The fourth-order valence-electron chi connectivity index (χ4n) is 3.07. The SMILES string of the molecule is CC(C)c1ccc(C(=O)N2CCN(CC(C#N)CCC#N)CC2)cc1. The first-order valence-electron chi connectivity index (χ1n) is 8.93. The van der Waals surface area contributed by atoms with Crippen LogP contribution in [0.15, 0.2) is 24.3 Å². The molecule has 5 nitrogen and oxygen atoms in total. The second-order valence-corrected chi connectivity index (χ2v) is 6.89. The van der Waals surface area contributed by atoms with Gasteiger partial charge in [0.25, 0.3) is 5.91 Å². The van der Waals surface area contributed by atoms with E-state index in [1.807, 2.05) is 29.2 Å². The highest BCUT2D eigenvalue weighted by molar-refractivity contribution is 5.94. The molecule has 0 N–H and O–H groups in total. The molecule has 0 aromatic heterocycles. The Morgan fingerprint density at radius 1 is 1.12 bits per heavy atom. The number of carbonyl (C=O) groups is 1. The van der Waals surface area contributed by atoms with Crippen molar-refractivity contribution in [2.45, 2.75) is 32.6 Å². The highest BCUT2D eigenvalue weighted by Crippen LogP contribution is 2.17. The van der Waals surface area contributed by atoms with Gasteiger partial charge in [-0.05, 0) is 30.0 Å². The van der Waals surface area contributed by atoms with Crippen LogP contribution in [0.2, 0.25) is 0 Å². The molecule has 0 spiro atoms. The Labute approximate surface area is 150 Å². The molecule has 1 aliphatic rings. The lowest BCUT2D eigenvalue weighted by Gasteiger charge is -2.35. The number of hydrogen-bond donors (Lipinski definition) is 0. The molecule has 1 aromatic rings. The van der Waals surface area contributed by atoms with Crippen LogP contribution in [0, 0.1) is 28.6 Å². The van der Waals surface area contributed by atoms with E-state index in [9.17, 15) is 10.1 Å². The van der Waals surface area contributed by atoms with Gasteiger partial charge >= 0.3 is 0 Å². The normalized spacial score (nSPS) is 16.3. The molecule has 132 valence electrons. The number of amides is 1. The summed E-state index contributed by atoms with van der Waals surface area (Å²) in [6.07, 6.45) is 1.04. The van der Waals surface area contributed by atoms with E-state index in [0.717, 1.165) is 18.7 Å². The zero-order chi connectivity index (χ0) is 18.2. The largest absolute Gasteiger partial charge is 0.336 e. The second-order valence-electron chi connectivity index (χ2n) is 6.89. The molecule has 25 heavy (non-hydrogen) atoms. The molecule has 0 bridgehead atoms. The molecule has 1 fully saturated rings. The Balaban J connectivity index is 1.86. The summed E-state index contributed by atoms with van der Waals surface area (Å²) >= 11 is 0. The summed E-state index contributed by atoms with van der Waals surface area (Å²) < 4.78 is 0. The number of piperazine rings is 1. The lowest BCUT2D eigenvalue weighted by molar-refractivity contribution is 0.0625. The van der Waals surface area contributed by atoms with E-state index < -0.39 is 0 Å². The molecule has 1 atom stereocenters. The highest BCUT2D eigenvalue weighted by Gasteiger charge is 2.23. The van der Waals surface area contributed by atoms with Gasteiger partial charge in [-0.3, -0.25) is 9.69 Å². The number of benzene rings is 1. The maximum Gasteiger partial charge on any atom is 0.253 e. The number of carbonyl (C=O) groups excluding carboxylic acids is 1. The molecule has 1 saturated heterocycles. The molecule has 1 aliphatic heterocycles. The molecule has 1 amide bonds. The molecule has 1 aromatic carbocycles. The van der Waals surface area contributed by atoms with Crippen molar-refractivity contribution in [3.63, 3.8) is 0 Å². The van der Waals surface area contributed by atoms with Gasteiger partial charge in [0.1, 0.15) is 0 Å². The van der Waals surface area contributed by atoms with Crippen LogP contribution >= 0.6 is 0 Å². The van der Waals surface area contributed by atoms with Crippen molar-refractivity contribution in [2.75, 3.05) is 32.7 Å². The predicted octanol–water partition coefficient (Wildman–Crippen LogP) is 3.01. The number of hydrogen-bond acceptors (Lipinski definition) is 4. The average molecular weight is 338 g/mol. The van der Waals surface area contributed by atoms with Crippen LogP contribution in [-0.2, 0) is 0 Å². The summed E-state index contributed by atoms with van der Waals surface area (Å²) in [5, 5.41) is 17.8. The average Bonchev–Trinajstić information content (AvgIpc) is 2.65. The maximum absolute atomic E-state index is 12.6. The minimum absolute atomic E-state index is 0.0799. The summed E-state index contributed by atoms with van der Waals surface area (Å²) in [7, 11) is 0. The fourth-order valence-corrected chi connectivity index (χ4v) is 3.07. The predicted molar refractivity (Wildman–Crippen MR) is 96.8 cm³/mol. The quantitative estimate of drug-likeness (QED) is 0.799. The van der Waals surface area contributed by atoms with Gasteiger partial charge in [0.2, 0.25) is 0 Å². The van der Waals surface area contributed by atoms with Crippen molar-refractivity contribution in [3.05, 3.63) is 35.4 Å². The van der Waals surface area contributed by atoms with E-state index >= 15 is 0 Å². The van der Waals surface area contributed by atoms with Crippen LogP contribution < -0.4 is 0 Å². The molecule has 0 aliphatic carbocycles. The number of nitrogens with zero attached hydrogens (tertiary/aromatic N) is 4. The molecular weight excluding hydrogens is 312 g/mol. The first-order chi connectivity index (χ1) is 12.0. The Bertz CT molecular complexity index is 646. The van der Waals surface area contributed by atoms with E-state index in [4.69, 9.17) is 5.26 Å². The van der Waals surface area contributed by atoms with Crippen LogP contribution in [0.5, 0.6) is 0 Å². The summed E-state index contributed by atoms with van der Waals surface area (Å²) in [4.78, 5) is 16.7. The van der Waals surface area contributed by atoms with Crippen LogP contribution in [0.1, 0.15) is 48.5 Å². The van der Waals surface area contributed by atoms with Crippen molar-refractivity contribution in [1.82, 2.24) is 9.80 Å². The molecule has 2 rings (SSSR count). The number of nitriles is 2. The zero-order valence-corrected chi connectivity index (χ0v) is 15.1. The van der Waals surface area contributed by atoms with Crippen LogP contribution in [-0.4, -0.2) is 48.4 Å². The standard InChI is InChI=1S/C20H26N4O/c1-16(2)18-5-7-19(8-6-18)20(25)24-12-10-23(11-13-24)15-17(14-22)4-3-9-21/h5-8,16-17H,3-4,10-13,15H2,1-2H3. The van der Waals surface area contributed by atoms with Gasteiger partial charge in [-0.2, -0.15) is 10.5 Å². The van der Waals surface area contributed by atoms with Gasteiger partial charge in [0.15, 0.2) is 0 Å². The van der Waals surface area contributed by atoms with Crippen LogP contribution in [0.25, 0.3) is 0 Å². The van der Waals surface area contributed by atoms with Gasteiger partial charge < -0.3 is 4.90 Å². The fraction of sp³-hybridized carbons (Fsp3) is 0.550. The topological polar surface area (TPSA) is 71.1 Å². The Kier molecular flexibility index (Phi) is 6.98. The zero-order valence-electron chi connectivity index (χ0n) is 15.1. The van der Waals surface area contributed by atoms with Crippen LogP contribution in [0.4, 0.5) is 0 Å². The summed E-state index contributed by atoms with van der Waals surface area (Å²) in [6, 6.07) is 12.3. The van der Waals surface area contributed by atoms with Crippen molar-refractivity contribution in [2.24, 2.45) is 5.92 Å². The monoisotopic (exact) mass is 338 g/mol. The molecule has 0 saturated carbocycles. The Morgan fingerprint density at radius 2 is 1.76 bits per heavy atom. The van der Waals surface area contributed by atoms with Gasteiger partial charge in [0.05, 0.1) is 18.1 Å². The van der Waals surface area contributed by atoms with E-state index in [2.05, 4.69) is 30.9 Å². The van der Waals surface area contributed by atoms with Crippen molar-refractivity contribution in [3.8, 4) is 12.1 Å². The molecule has 0 radical (unpaired) electrons.